The molecule has 0 amide bonds. The minimum Gasteiger partial charge on any atom is -0.479 e. The van der Waals surface area contributed by atoms with E-state index in [0.29, 0.717) is 29.1 Å². The highest BCUT2D eigenvalue weighted by atomic mass is 16.7. The van der Waals surface area contributed by atoms with Crippen LogP contribution in [0.4, 0.5) is 0 Å². The van der Waals surface area contributed by atoms with Crippen LogP contribution in [0.3, 0.4) is 0 Å². The highest BCUT2D eigenvalue weighted by Gasteiger charge is 2.53. The molecular formula is C35H36N2O11. The summed E-state index contributed by atoms with van der Waals surface area (Å²) in [5.41, 5.74) is 1.11. The lowest BCUT2D eigenvalue weighted by Gasteiger charge is -2.41. The maximum Gasteiger partial charge on any atom is 0.353 e. The van der Waals surface area contributed by atoms with Gasteiger partial charge in [-0.2, -0.15) is 4.98 Å². The fraction of sp³-hybridized carbons (Fsp3) is 0.314. The second-order valence-electron chi connectivity index (χ2n) is 11.1. The third-order valence-corrected chi connectivity index (χ3v) is 7.83. The third kappa shape index (κ3) is 7.52. The predicted molar refractivity (Wildman–Crippen MR) is 167 cm³/mol. The minimum atomic E-state index is -2.01. The van der Waals surface area contributed by atoms with Gasteiger partial charge in [-0.25, -0.2) is 14.6 Å². The number of esters is 1. The summed E-state index contributed by atoms with van der Waals surface area (Å²) in [5, 5.41) is 40.7. The average Bonchev–Trinajstić information content (AvgIpc) is 3.09. The maximum absolute atomic E-state index is 14.3. The molecule has 13 nitrogen and oxygen atoms in total. The van der Waals surface area contributed by atoms with E-state index in [-0.39, 0.29) is 12.6 Å². The number of rotatable bonds is 13. The minimum absolute atomic E-state index is 0.0927. The number of aryl methyl sites for hydroxylation is 1. The van der Waals surface area contributed by atoms with E-state index in [1.54, 1.807) is 73.7 Å². The van der Waals surface area contributed by atoms with Gasteiger partial charge in [-0.15, -0.1) is 0 Å². The molecule has 0 radical (unpaired) electrons. The number of carboxylic acids is 1. The molecule has 1 saturated heterocycles. The molecule has 1 aliphatic heterocycles. The van der Waals surface area contributed by atoms with Crippen LogP contribution in [0.1, 0.15) is 28.1 Å². The molecule has 48 heavy (non-hydrogen) atoms. The zero-order valence-electron chi connectivity index (χ0n) is 26.2. The van der Waals surface area contributed by atoms with Crippen LogP contribution in [0.2, 0.25) is 0 Å². The van der Waals surface area contributed by atoms with Crippen molar-refractivity contribution in [3.8, 4) is 6.01 Å². The van der Waals surface area contributed by atoms with E-state index < -0.39 is 54.3 Å². The average molecular weight is 661 g/mol. The SMILES string of the molecule is COC(c1ccccc1)(c1ccccc1)C(Oc1nc(C)cc(COCc2ccccc2)n1)C(=O)O[C@@H]1O[C@H](C(=O)O)[C@@H](O)[C@H](O)[C@H]1O. The summed E-state index contributed by atoms with van der Waals surface area (Å²) < 4.78 is 29.1. The summed E-state index contributed by atoms with van der Waals surface area (Å²) in [6.07, 6.45) is -11.8. The van der Waals surface area contributed by atoms with Gasteiger partial charge >= 0.3 is 17.9 Å². The third-order valence-electron chi connectivity index (χ3n) is 7.83. The Hall–Kier alpha value is -4.76. The van der Waals surface area contributed by atoms with Crippen LogP contribution >= 0.6 is 0 Å². The van der Waals surface area contributed by atoms with Gasteiger partial charge in [0.05, 0.1) is 18.9 Å². The highest BCUT2D eigenvalue weighted by Crippen LogP contribution is 2.39. The van der Waals surface area contributed by atoms with Crippen LogP contribution in [-0.4, -0.2) is 86.3 Å². The Morgan fingerprint density at radius 1 is 0.833 bits per heavy atom. The predicted octanol–water partition coefficient (Wildman–Crippen LogP) is 2.27. The van der Waals surface area contributed by atoms with Gasteiger partial charge in [0.25, 0.3) is 0 Å². The standard InChI is InChI=1S/C35H36N2O11/c1-21-18-25(20-45-19-22-12-6-3-7-13-22)37-34(36-21)47-30(32(43)48-33-28(40)26(38)27(39)29(46-33)31(41)42)35(44-2,23-14-8-4-9-15-23)24-16-10-5-11-17-24/h3-18,26-30,33,38-40H,19-20H2,1-2H3,(H,41,42)/t26-,27-,28+,29-,30?,33-/m0/s1. The van der Waals surface area contributed by atoms with Gasteiger partial charge < -0.3 is 44.1 Å². The molecule has 3 aromatic carbocycles. The van der Waals surface area contributed by atoms with Gasteiger partial charge in [-0.3, -0.25) is 0 Å². The van der Waals surface area contributed by atoms with Crippen molar-refractivity contribution >= 4 is 11.9 Å². The maximum atomic E-state index is 14.3. The fourth-order valence-corrected chi connectivity index (χ4v) is 5.49. The van der Waals surface area contributed by atoms with E-state index in [2.05, 4.69) is 9.97 Å². The van der Waals surface area contributed by atoms with E-state index in [9.17, 15) is 30.0 Å². The first-order valence-electron chi connectivity index (χ1n) is 15.1. The van der Waals surface area contributed by atoms with Crippen molar-refractivity contribution in [1.82, 2.24) is 9.97 Å². The van der Waals surface area contributed by atoms with E-state index >= 15 is 0 Å². The Kier molecular flexibility index (Phi) is 11.1. The number of hydrogen-bond donors (Lipinski definition) is 4. The van der Waals surface area contributed by atoms with Crippen molar-refractivity contribution in [2.45, 2.75) is 62.5 Å². The van der Waals surface area contributed by atoms with Crippen LogP contribution in [0.15, 0.2) is 97.1 Å². The number of carboxylic acid groups (broad SMARTS) is 1. The van der Waals surface area contributed by atoms with Gasteiger partial charge in [0, 0.05) is 12.8 Å². The summed E-state index contributed by atoms with van der Waals surface area (Å²) in [6.45, 7) is 2.13. The molecule has 0 bridgehead atoms. The number of ether oxygens (including phenoxy) is 5. The number of carbonyl (C=O) groups is 2. The van der Waals surface area contributed by atoms with Crippen molar-refractivity contribution < 1.29 is 53.7 Å². The van der Waals surface area contributed by atoms with Gasteiger partial charge in [-0.05, 0) is 29.7 Å². The number of methoxy groups -OCH3 is 1. The van der Waals surface area contributed by atoms with Crippen molar-refractivity contribution in [3.63, 3.8) is 0 Å². The summed E-state index contributed by atoms with van der Waals surface area (Å²) >= 11 is 0. The number of aliphatic carboxylic acids is 1. The molecular weight excluding hydrogens is 624 g/mol. The topological polar surface area (TPSA) is 187 Å². The molecule has 6 atom stereocenters. The zero-order chi connectivity index (χ0) is 34.3. The number of aliphatic hydroxyl groups excluding tert-OH is 3. The van der Waals surface area contributed by atoms with Crippen LogP contribution in [0, 0.1) is 6.92 Å². The summed E-state index contributed by atoms with van der Waals surface area (Å²) in [6, 6.07) is 28.4. The van der Waals surface area contributed by atoms with Crippen LogP contribution in [-0.2, 0) is 47.4 Å². The van der Waals surface area contributed by atoms with E-state index in [0.717, 1.165) is 5.56 Å². The van der Waals surface area contributed by atoms with Crippen LogP contribution in [0.5, 0.6) is 6.01 Å². The molecule has 2 heterocycles. The van der Waals surface area contributed by atoms with Crippen LogP contribution < -0.4 is 4.74 Å². The number of nitrogens with zero attached hydrogens (tertiary/aromatic N) is 2. The summed E-state index contributed by atoms with van der Waals surface area (Å²) in [5.74, 6) is -2.83. The molecule has 1 fully saturated rings. The lowest BCUT2D eigenvalue weighted by Crippen LogP contribution is -2.61. The Labute approximate surface area is 276 Å². The fourth-order valence-electron chi connectivity index (χ4n) is 5.49. The Morgan fingerprint density at radius 2 is 1.42 bits per heavy atom. The van der Waals surface area contributed by atoms with E-state index in [1.165, 1.54) is 7.11 Å². The highest BCUT2D eigenvalue weighted by molar-refractivity contribution is 5.79. The van der Waals surface area contributed by atoms with Gasteiger partial charge in [0.2, 0.25) is 12.4 Å². The molecule has 0 saturated carbocycles. The zero-order valence-corrected chi connectivity index (χ0v) is 26.2. The largest absolute Gasteiger partial charge is 0.479 e. The van der Waals surface area contributed by atoms with Crippen molar-refractivity contribution in [2.75, 3.05) is 7.11 Å². The van der Waals surface area contributed by atoms with Crippen LogP contribution in [0.25, 0.3) is 0 Å². The smallest absolute Gasteiger partial charge is 0.353 e. The molecule has 1 aromatic heterocycles. The number of aliphatic hydroxyl groups is 3. The van der Waals surface area contributed by atoms with Crippen molar-refractivity contribution in [1.29, 1.82) is 0 Å². The molecule has 5 rings (SSSR count). The lowest BCUT2D eigenvalue weighted by molar-refractivity contribution is -0.289. The molecule has 1 aliphatic rings. The first kappa shape index (κ1) is 34.6. The molecule has 4 N–H and O–H groups in total. The normalized spacial score (nSPS) is 21.6. The van der Waals surface area contributed by atoms with Gasteiger partial charge in [0.1, 0.15) is 18.3 Å². The Morgan fingerprint density at radius 3 is 1.98 bits per heavy atom. The number of carbonyl (C=O) groups excluding carboxylic acids is 1. The number of hydrogen-bond acceptors (Lipinski definition) is 12. The lowest BCUT2D eigenvalue weighted by atomic mass is 9.81. The second-order valence-corrected chi connectivity index (χ2v) is 11.1. The van der Waals surface area contributed by atoms with E-state index in [1.807, 2.05) is 30.3 Å². The molecule has 4 aromatic rings. The second kappa shape index (κ2) is 15.4. The van der Waals surface area contributed by atoms with Gasteiger partial charge in [-0.1, -0.05) is 91.0 Å². The van der Waals surface area contributed by atoms with E-state index in [4.69, 9.17) is 23.7 Å². The first-order chi connectivity index (χ1) is 23.1. The molecule has 13 heteroatoms. The Bertz CT molecular complexity index is 1620. The summed E-state index contributed by atoms with van der Waals surface area (Å²) in [4.78, 5) is 34.9. The number of benzene rings is 3. The van der Waals surface area contributed by atoms with Gasteiger partial charge in [0.15, 0.2) is 11.7 Å². The summed E-state index contributed by atoms with van der Waals surface area (Å²) in [7, 11) is 1.37. The van der Waals surface area contributed by atoms with Crippen molar-refractivity contribution in [2.24, 2.45) is 0 Å². The molecule has 0 spiro atoms. The van der Waals surface area contributed by atoms with Crippen molar-refractivity contribution in [3.05, 3.63) is 125 Å². The molecule has 1 unspecified atom stereocenters. The Balaban J connectivity index is 1.54. The first-order valence-corrected chi connectivity index (χ1v) is 15.1. The quantitative estimate of drug-likeness (QED) is 0.153. The monoisotopic (exact) mass is 660 g/mol. The number of aromatic nitrogens is 2. The molecule has 252 valence electrons. The molecule has 0 aliphatic carbocycles.